The third kappa shape index (κ3) is 5.51. The van der Waals surface area contributed by atoms with Crippen molar-refractivity contribution < 1.29 is 19.1 Å². The summed E-state index contributed by atoms with van der Waals surface area (Å²) in [5, 5.41) is 0. The quantitative estimate of drug-likeness (QED) is 0.747. The lowest BCUT2D eigenvalue weighted by Crippen LogP contribution is -2.41. The van der Waals surface area contributed by atoms with Gasteiger partial charge in [-0.1, -0.05) is 32.0 Å². The Morgan fingerprint density at radius 2 is 1.58 bits per heavy atom. The Kier molecular flexibility index (Phi) is 7.02. The molecule has 2 rings (SSSR count). The van der Waals surface area contributed by atoms with Crippen molar-refractivity contribution in [1.29, 1.82) is 0 Å². The molecule has 0 heterocycles. The van der Waals surface area contributed by atoms with Gasteiger partial charge in [0.05, 0.1) is 13.7 Å². The highest BCUT2D eigenvalue weighted by molar-refractivity contribution is 5.99. The van der Waals surface area contributed by atoms with Crippen molar-refractivity contribution in [2.24, 2.45) is 5.92 Å². The molecule has 2 aromatic rings. The van der Waals surface area contributed by atoms with Gasteiger partial charge in [-0.2, -0.15) is 0 Å². The van der Waals surface area contributed by atoms with E-state index in [-0.39, 0.29) is 5.91 Å². The lowest BCUT2D eigenvalue weighted by molar-refractivity contribution is 0.0846. The van der Waals surface area contributed by atoms with Gasteiger partial charge in [0.25, 0.3) is 11.8 Å². The van der Waals surface area contributed by atoms with Gasteiger partial charge in [-0.3, -0.25) is 20.4 Å². The molecule has 0 spiro atoms. The molecule has 0 fully saturated rings. The number of carbonyl (C=O) groups excluding carboxylic acids is 2. The van der Waals surface area contributed by atoms with Gasteiger partial charge < -0.3 is 9.47 Å². The van der Waals surface area contributed by atoms with Crippen molar-refractivity contribution in [2.45, 2.75) is 20.3 Å². The van der Waals surface area contributed by atoms with E-state index in [1.807, 2.05) is 6.07 Å². The highest BCUT2D eigenvalue weighted by Crippen LogP contribution is 2.28. The predicted octanol–water partition coefficient (Wildman–Crippen LogP) is 3.19. The van der Waals surface area contributed by atoms with Crippen molar-refractivity contribution in [1.82, 2.24) is 10.9 Å². The second kappa shape index (κ2) is 9.46. The van der Waals surface area contributed by atoms with Gasteiger partial charge in [0, 0.05) is 11.1 Å². The molecule has 0 radical (unpaired) electrons. The second-order valence-electron chi connectivity index (χ2n) is 6.17. The first-order chi connectivity index (χ1) is 12.5. The van der Waals surface area contributed by atoms with E-state index >= 15 is 0 Å². The summed E-state index contributed by atoms with van der Waals surface area (Å²) in [5.41, 5.74) is 5.59. The van der Waals surface area contributed by atoms with Gasteiger partial charge in [-0.05, 0) is 42.7 Å². The van der Waals surface area contributed by atoms with E-state index in [0.717, 1.165) is 6.42 Å². The third-order valence-corrected chi connectivity index (χ3v) is 3.70. The van der Waals surface area contributed by atoms with Crippen LogP contribution in [0.5, 0.6) is 11.5 Å². The van der Waals surface area contributed by atoms with Crippen LogP contribution in [-0.4, -0.2) is 25.5 Å². The highest BCUT2D eigenvalue weighted by Gasteiger charge is 2.13. The molecule has 6 nitrogen and oxygen atoms in total. The maximum atomic E-state index is 12.2. The maximum Gasteiger partial charge on any atom is 0.269 e. The SMILES string of the molecule is COc1cc(C(=O)NNC(=O)c2ccccc2)ccc1OCCC(C)C. The number of methoxy groups -OCH3 is 1. The van der Waals surface area contributed by atoms with Crippen LogP contribution < -0.4 is 20.3 Å². The summed E-state index contributed by atoms with van der Waals surface area (Å²) in [6, 6.07) is 13.5. The smallest absolute Gasteiger partial charge is 0.269 e. The van der Waals surface area contributed by atoms with Crippen molar-refractivity contribution in [3.8, 4) is 11.5 Å². The molecule has 2 amide bonds. The standard InChI is InChI=1S/C20H24N2O4/c1-14(2)11-12-26-17-10-9-16(13-18(17)25-3)20(24)22-21-19(23)15-7-5-4-6-8-15/h4-10,13-14H,11-12H2,1-3H3,(H,21,23)(H,22,24). The van der Waals surface area contributed by atoms with E-state index in [0.29, 0.717) is 35.2 Å². The van der Waals surface area contributed by atoms with Gasteiger partial charge in [0.1, 0.15) is 0 Å². The second-order valence-corrected chi connectivity index (χ2v) is 6.17. The Balaban J connectivity index is 1.97. The van der Waals surface area contributed by atoms with Gasteiger partial charge >= 0.3 is 0 Å². The average molecular weight is 356 g/mol. The number of benzene rings is 2. The molecular formula is C20H24N2O4. The molecule has 26 heavy (non-hydrogen) atoms. The molecule has 0 aliphatic carbocycles. The Hall–Kier alpha value is -3.02. The summed E-state index contributed by atoms with van der Waals surface area (Å²) in [5.74, 6) is 0.758. The molecular weight excluding hydrogens is 332 g/mol. The first kappa shape index (κ1) is 19.3. The number of hydrogen-bond acceptors (Lipinski definition) is 4. The normalized spacial score (nSPS) is 10.3. The van der Waals surface area contributed by atoms with Gasteiger partial charge in [-0.15, -0.1) is 0 Å². The van der Waals surface area contributed by atoms with Crippen molar-refractivity contribution in [3.63, 3.8) is 0 Å². The van der Waals surface area contributed by atoms with E-state index in [4.69, 9.17) is 9.47 Å². The molecule has 0 aliphatic rings. The highest BCUT2D eigenvalue weighted by atomic mass is 16.5. The Labute approximate surface area is 153 Å². The van der Waals surface area contributed by atoms with E-state index in [2.05, 4.69) is 24.7 Å². The van der Waals surface area contributed by atoms with Crippen LogP contribution in [0.3, 0.4) is 0 Å². The van der Waals surface area contributed by atoms with Crippen LogP contribution in [0.1, 0.15) is 41.0 Å². The van der Waals surface area contributed by atoms with Crippen LogP contribution in [0.15, 0.2) is 48.5 Å². The summed E-state index contributed by atoms with van der Waals surface area (Å²) < 4.78 is 11.0. The van der Waals surface area contributed by atoms with Crippen LogP contribution in [0.4, 0.5) is 0 Å². The minimum Gasteiger partial charge on any atom is -0.493 e. The van der Waals surface area contributed by atoms with E-state index in [9.17, 15) is 9.59 Å². The molecule has 0 atom stereocenters. The zero-order valence-electron chi connectivity index (χ0n) is 15.2. The minimum atomic E-state index is -0.443. The first-order valence-electron chi connectivity index (χ1n) is 8.48. The first-order valence-corrected chi connectivity index (χ1v) is 8.48. The zero-order chi connectivity index (χ0) is 18.9. The average Bonchev–Trinajstić information content (AvgIpc) is 2.66. The molecule has 0 saturated heterocycles. The summed E-state index contributed by atoms with van der Waals surface area (Å²) in [6.07, 6.45) is 0.927. The molecule has 0 aromatic heterocycles. The van der Waals surface area contributed by atoms with Crippen molar-refractivity contribution >= 4 is 11.8 Å². The number of ether oxygens (including phenoxy) is 2. The maximum absolute atomic E-state index is 12.2. The number of nitrogens with one attached hydrogen (secondary N) is 2. The van der Waals surface area contributed by atoms with Crippen LogP contribution in [0.25, 0.3) is 0 Å². The molecule has 0 aliphatic heterocycles. The number of hydrazine groups is 1. The molecule has 0 bridgehead atoms. The number of amides is 2. The summed E-state index contributed by atoms with van der Waals surface area (Å²) >= 11 is 0. The van der Waals surface area contributed by atoms with Crippen LogP contribution >= 0.6 is 0 Å². The predicted molar refractivity (Wildman–Crippen MR) is 99.3 cm³/mol. The number of rotatable bonds is 7. The summed E-state index contributed by atoms with van der Waals surface area (Å²) in [4.78, 5) is 24.2. The topological polar surface area (TPSA) is 76.7 Å². The minimum absolute atomic E-state index is 0.353. The number of hydrogen-bond donors (Lipinski definition) is 2. The Bertz CT molecular complexity index is 745. The van der Waals surface area contributed by atoms with Crippen LogP contribution in [-0.2, 0) is 0 Å². The summed E-state index contributed by atoms with van der Waals surface area (Å²) in [6.45, 7) is 4.82. The van der Waals surface area contributed by atoms with Crippen molar-refractivity contribution in [3.05, 3.63) is 59.7 Å². The van der Waals surface area contributed by atoms with E-state index in [1.54, 1.807) is 42.5 Å². The van der Waals surface area contributed by atoms with Gasteiger partial charge in [-0.25, -0.2) is 0 Å². The molecule has 0 saturated carbocycles. The van der Waals surface area contributed by atoms with Crippen molar-refractivity contribution in [2.75, 3.05) is 13.7 Å². The van der Waals surface area contributed by atoms with Gasteiger partial charge in [0.15, 0.2) is 11.5 Å². The fourth-order valence-corrected chi connectivity index (χ4v) is 2.18. The van der Waals surface area contributed by atoms with Crippen LogP contribution in [0, 0.1) is 5.92 Å². The molecule has 2 N–H and O–H groups in total. The van der Waals surface area contributed by atoms with E-state index < -0.39 is 5.91 Å². The Morgan fingerprint density at radius 1 is 0.923 bits per heavy atom. The number of carbonyl (C=O) groups is 2. The fourth-order valence-electron chi connectivity index (χ4n) is 2.18. The third-order valence-electron chi connectivity index (χ3n) is 3.70. The molecule has 2 aromatic carbocycles. The monoisotopic (exact) mass is 356 g/mol. The van der Waals surface area contributed by atoms with Gasteiger partial charge in [0.2, 0.25) is 0 Å². The molecule has 138 valence electrons. The molecule has 0 unspecified atom stereocenters. The zero-order valence-corrected chi connectivity index (χ0v) is 15.2. The van der Waals surface area contributed by atoms with E-state index in [1.165, 1.54) is 7.11 Å². The fraction of sp³-hybridized carbons (Fsp3) is 0.300. The largest absolute Gasteiger partial charge is 0.493 e. The lowest BCUT2D eigenvalue weighted by Gasteiger charge is -2.13. The summed E-state index contributed by atoms with van der Waals surface area (Å²) in [7, 11) is 1.52. The van der Waals surface area contributed by atoms with Crippen LogP contribution in [0.2, 0.25) is 0 Å². The molecule has 6 heteroatoms. The lowest BCUT2D eigenvalue weighted by atomic mass is 10.1. The Morgan fingerprint density at radius 3 is 2.19 bits per heavy atom.